The second-order valence-electron chi connectivity index (χ2n) is 9.02. The van der Waals surface area contributed by atoms with E-state index in [4.69, 9.17) is 18.9 Å². The van der Waals surface area contributed by atoms with Crippen molar-refractivity contribution < 1.29 is 23.3 Å². The molecule has 0 N–H and O–H groups in total. The zero-order chi connectivity index (χ0) is 25.7. The van der Waals surface area contributed by atoms with E-state index in [0.29, 0.717) is 38.0 Å². The van der Waals surface area contributed by atoms with Gasteiger partial charge in [0.05, 0.1) is 33.0 Å². The highest BCUT2D eigenvalue weighted by Crippen LogP contribution is 2.20. The van der Waals surface area contributed by atoms with Gasteiger partial charge in [-0.2, -0.15) is 0 Å². The molecule has 0 aliphatic carbocycles. The van der Waals surface area contributed by atoms with Gasteiger partial charge in [0, 0.05) is 24.6 Å². The zero-order valence-electron chi connectivity index (χ0n) is 22.3. The summed E-state index contributed by atoms with van der Waals surface area (Å²) < 4.78 is 35.7. The van der Waals surface area contributed by atoms with Gasteiger partial charge in [0.1, 0.15) is 12.4 Å². The Morgan fingerprint density at radius 1 is 0.694 bits per heavy atom. The van der Waals surface area contributed by atoms with Crippen molar-refractivity contribution in [2.75, 3.05) is 46.2 Å². The minimum absolute atomic E-state index is 0.0205. The highest BCUT2D eigenvalue weighted by Gasteiger charge is 2.09. The van der Waals surface area contributed by atoms with Crippen molar-refractivity contribution in [2.45, 2.75) is 77.8 Å². The van der Waals surface area contributed by atoms with Crippen LogP contribution < -0.4 is 4.74 Å². The average Bonchev–Trinajstić information content (AvgIpc) is 2.91. The summed E-state index contributed by atoms with van der Waals surface area (Å²) in [5.41, 5.74) is 2.08. The molecule has 0 fully saturated rings. The molecule has 36 heavy (non-hydrogen) atoms. The largest absolute Gasteiger partial charge is 0.490 e. The Morgan fingerprint density at radius 2 is 1.31 bits per heavy atom. The van der Waals surface area contributed by atoms with Gasteiger partial charge in [-0.1, -0.05) is 52.4 Å². The lowest BCUT2D eigenvalue weighted by Gasteiger charge is -2.12. The summed E-state index contributed by atoms with van der Waals surface area (Å²) in [4.78, 5) is 9.02. The van der Waals surface area contributed by atoms with Crippen molar-refractivity contribution in [3.63, 3.8) is 0 Å². The number of hydrogen-bond acceptors (Lipinski definition) is 6. The second kappa shape index (κ2) is 20.0. The van der Waals surface area contributed by atoms with Crippen LogP contribution in [0.4, 0.5) is 4.39 Å². The fourth-order valence-electron chi connectivity index (χ4n) is 3.57. The van der Waals surface area contributed by atoms with Gasteiger partial charge in [-0.25, -0.2) is 14.4 Å². The third-order valence-electron chi connectivity index (χ3n) is 5.75. The Kier molecular flexibility index (Phi) is 16.8. The normalized spacial score (nSPS) is 12.1. The molecule has 0 amide bonds. The summed E-state index contributed by atoms with van der Waals surface area (Å²) in [7, 11) is 0. The number of benzene rings is 1. The fraction of sp³-hybridized carbons (Fsp3) is 0.655. The summed E-state index contributed by atoms with van der Waals surface area (Å²) in [6, 6.07) is 7.41. The number of hydrogen-bond donors (Lipinski definition) is 0. The Labute approximate surface area is 216 Å². The summed E-state index contributed by atoms with van der Waals surface area (Å²) >= 11 is 0. The molecular formula is C29H45FN2O4. The summed E-state index contributed by atoms with van der Waals surface area (Å²) in [5.74, 6) is 1.28. The molecule has 6 nitrogen and oxygen atoms in total. The monoisotopic (exact) mass is 504 g/mol. The molecule has 1 heterocycles. The zero-order valence-corrected chi connectivity index (χ0v) is 22.3. The predicted octanol–water partition coefficient (Wildman–Crippen LogP) is 6.61. The number of alkyl halides is 1. The van der Waals surface area contributed by atoms with Gasteiger partial charge >= 0.3 is 0 Å². The van der Waals surface area contributed by atoms with Crippen molar-refractivity contribution in [1.82, 2.24) is 9.97 Å². The lowest BCUT2D eigenvalue weighted by atomic mass is 10.1. The molecule has 0 saturated carbocycles. The summed E-state index contributed by atoms with van der Waals surface area (Å²) in [5, 5.41) is 0. The molecule has 7 heteroatoms. The molecule has 1 aromatic heterocycles. The van der Waals surface area contributed by atoms with Crippen LogP contribution in [0.25, 0.3) is 11.4 Å². The molecule has 0 bridgehead atoms. The molecule has 0 unspecified atom stereocenters. The Hall–Kier alpha value is -2.09. The Bertz CT molecular complexity index is 774. The van der Waals surface area contributed by atoms with Gasteiger partial charge in [-0.15, -0.1) is 0 Å². The molecule has 0 spiro atoms. The number of halogens is 1. The van der Waals surface area contributed by atoms with Crippen molar-refractivity contribution in [1.29, 1.82) is 0 Å². The molecular weight excluding hydrogens is 459 g/mol. The van der Waals surface area contributed by atoms with Gasteiger partial charge in [0.15, 0.2) is 12.0 Å². The highest BCUT2D eigenvalue weighted by atomic mass is 19.1. The predicted molar refractivity (Wildman–Crippen MR) is 142 cm³/mol. The maximum atomic E-state index is 14.1. The number of nitrogens with zero attached hydrogens (tertiary/aromatic N) is 2. The molecule has 1 atom stereocenters. The maximum Gasteiger partial charge on any atom is 0.159 e. The molecule has 1 aromatic carbocycles. The minimum atomic E-state index is -1.20. The van der Waals surface area contributed by atoms with Crippen molar-refractivity contribution >= 4 is 0 Å². The van der Waals surface area contributed by atoms with E-state index < -0.39 is 6.17 Å². The molecule has 2 aromatic rings. The van der Waals surface area contributed by atoms with Crippen molar-refractivity contribution in [2.24, 2.45) is 0 Å². The van der Waals surface area contributed by atoms with Gasteiger partial charge < -0.3 is 18.9 Å². The highest BCUT2D eigenvalue weighted by molar-refractivity contribution is 5.55. The van der Waals surface area contributed by atoms with E-state index in [1.807, 2.05) is 36.7 Å². The number of rotatable bonds is 22. The smallest absolute Gasteiger partial charge is 0.159 e. The van der Waals surface area contributed by atoms with Crippen LogP contribution in [0.3, 0.4) is 0 Å². The molecule has 0 aliphatic rings. The topological polar surface area (TPSA) is 62.7 Å². The number of aryl methyl sites for hydroxylation is 1. The van der Waals surface area contributed by atoms with Gasteiger partial charge in [-0.3, -0.25) is 0 Å². The Balaban J connectivity index is 1.57. The standard InChI is InChI=1S/C29H45FN2O4/c1-3-5-7-8-9-10-11-25-21-31-29(32-22-25)26-12-14-28(15-13-26)36-24-27(30)23-35-20-19-34-18-17-33-16-6-4-2/h12-15,21-22,27H,3-11,16-20,23-24H2,1-2H3/t27-/m1/s1. The van der Waals surface area contributed by atoms with Crippen molar-refractivity contribution in [3.05, 3.63) is 42.2 Å². The van der Waals surface area contributed by atoms with Crippen LogP contribution in [0.15, 0.2) is 36.7 Å². The van der Waals surface area contributed by atoms with E-state index in [1.54, 1.807) is 0 Å². The summed E-state index contributed by atoms with van der Waals surface area (Å²) in [6.07, 6.45) is 13.5. The third kappa shape index (κ3) is 13.9. The van der Waals surface area contributed by atoms with Gasteiger partial charge in [-0.05, 0) is 49.1 Å². The van der Waals surface area contributed by atoms with E-state index in [2.05, 4.69) is 23.8 Å². The van der Waals surface area contributed by atoms with Crippen LogP contribution >= 0.6 is 0 Å². The Morgan fingerprint density at radius 3 is 2.00 bits per heavy atom. The maximum absolute atomic E-state index is 14.1. The van der Waals surface area contributed by atoms with Crippen LogP contribution in [0.1, 0.15) is 70.8 Å². The molecule has 2 rings (SSSR count). The lowest BCUT2D eigenvalue weighted by Crippen LogP contribution is -2.20. The van der Waals surface area contributed by atoms with E-state index in [1.165, 1.54) is 44.1 Å². The van der Waals surface area contributed by atoms with Crippen molar-refractivity contribution in [3.8, 4) is 17.1 Å². The van der Waals surface area contributed by atoms with Crippen LogP contribution in [0.2, 0.25) is 0 Å². The molecule has 0 aliphatic heterocycles. The molecule has 202 valence electrons. The van der Waals surface area contributed by atoms with Crippen LogP contribution in [-0.4, -0.2) is 62.4 Å². The SMILES string of the molecule is CCCCCCCCc1cnc(-c2ccc(OC[C@H](F)COCCOCCOCCCC)cc2)nc1. The first-order chi connectivity index (χ1) is 17.7. The number of aromatic nitrogens is 2. The molecule has 0 saturated heterocycles. The first-order valence-corrected chi connectivity index (χ1v) is 13.6. The minimum Gasteiger partial charge on any atom is -0.490 e. The molecule has 0 radical (unpaired) electrons. The van der Waals surface area contributed by atoms with Crippen LogP contribution in [0.5, 0.6) is 5.75 Å². The quantitative estimate of drug-likeness (QED) is 0.168. The second-order valence-corrected chi connectivity index (χ2v) is 9.02. The average molecular weight is 505 g/mol. The van der Waals surface area contributed by atoms with Gasteiger partial charge in [0.2, 0.25) is 0 Å². The van der Waals surface area contributed by atoms with Crippen LogP contribution in [0, 0.1) is 0 Å². The van der Waals surface area contributed by atoms with Crippen LogP contribution in [-0.2, 0) is 20.6 Å². The van der Waals surface area contributed by atoms with E-state index in [0.717, 1.165) is 31.4 Å². The third-order valence-corrected chi connectivity index (χ3v) is 5.75. The number of ether oxygens (including phenoxy) is 4. The van der Waals surface area contributed by atoms with E-state index >= 15 is 0 Å². The number of unbranched alkanes of at least 4 members (excludes halogenated alkanes) is 6. The van der Waals surface area contributed by atoms with Gasteiger partial charge in [0.25, 0.3) is 0 Å². The fourth-order valence-corrected chi connectivity index (χ4v) is 3.57. The first-order valence-electron chi connectivity index (χ1n) is 13.6. The first kappa shape index (κ1) is 30.1. The van der Waals surface area contributed by atoms with E-state index in [9.17, 15) is 4.39 Å². The summed E-state index contributed by atoms with van der Waals surface area (Å²) in [6.45, 7) is 6.93. The van der Waals surface area contributed by atoms with E-state index in [-0.39, 0.29) is 13.2 Å². The lowest BCUT2D eigenvalue weighted by molar-refractivity contribution is -0.00166.